The van der Waals surface area contributed by atoms with E-state index in [1.165, 1.54) is 28.1 Å². The SMILES string of the molecule is O=C(CC1(c2ccc(-c3ccc(-c4cnco4)cc3)s2)CCN(S(=O)(=O)c2cccs2)CCS1(=O)=O)NOC1CCCCO1. The molecule has 2 atom stereocenters. The quantitative estimate of drug-likeness (QED) is 0.247. The third-order valence-corrected chi connectivity index (χ3v) is 15.1. The van der Waals surface area contributed by atoms with Crippen molar-refractivity contribution in [3.05, 3.63) is 71.4 Å². The van der Waals surface area contributed by atoms with Crippen LogP contribution in [0.4, 0.5) is 0 Å². The number of carbonyl (C=O) groups is 1. The number of nitrogens with one attached hydrogen (secondary N) is 1. The van der Waals surface area contributed by atoms with E-state index < -0.39 is 49.0 Å². The molecule has 2 aliphatic heterocycles. The minimum atomic E-state index is -4.04. The molecule has 2 saturated heterocycles. The van der Waals surface area contributed by atoms with Crippen LogP contribution in [0.3, 0.4) is 0 Å². The lowest BCUT2D eigenvalue weighted by Gasteiger charge is -2.31. The van der Waals surface area contributed by atoms with Crippen LogP contribution in [-0.4, -0.2) is 63.8 Å². The molecule has 0 bridgehead atoms. The number of oxazole rings is 1. The van der Waals surface area contributed by atoms with Gasteiger partial charge < -0.3 is 9.15 Å². The van der Waals surface area contributed by atoms with Crippen LogP contribution in [0.1, 0.15) is 37.0 Å². The monoisotopic (exact) mass is 677 g/mol. The third kappa shape index (κ3) is 6.27. The molecular formula is C29H31N3O8S4. The predicted molar refractivity (Wildman–Crippen MR) is 166 cm³/mol. The highest BCUT2D eigenvalue weighted by atomic mass is 32.2. The number of hydroxylamine groups is 1. The zero-order valence-electron chi connectivity index (χ0n) is 23.6. The molecule has 1 aromatic carbocycles. The topological polar surface area (TPSA) is 145 Å². The number of benzene rings is 1. The summed E-state index contributed by atoms with van der Waals surface area (Å²) in [5.41, 5.74) is 4.11. The van der Waals surface area contributed by atoms with Crippen LogP contribution in [0.25, 0.3) is 21.8 Å². The van der Waals surface area contributed by atoms with E-state index in [-0.39, 0.29) is 23.7 Å². The molecule has 0 aliphatic carbocycles. The summed E-state index contributed by atoms with van der Waals surface area (Å²) in [7, 11) is -7.94. The van der Waals surface area contributed by atoms with Gasteiger partial charge in [-0.3, -0.25) is 4.79 Å². The Morgan fingerprint density at radius 1 is 1.11 bits per heavy atom. The molecule has 2 aliphatic rings. The second-order valence-corrected chi connectivity index (χ2v) is 17.2. The largest absolute Gasteiger partial charge is 0.444 e. The van der Waals surface area contributed by atoms with Crippen molar-refractivity contribution < 1.29 is 35.6 Å². The van der Waals surface area contributed by atoms with E-state index in [1.54, 1.807) is 23.7 Å². The van der Waals surface area contributed by atoms with Crippen molar-refractivity contribution >= 4 is 48.4 Å². The van der Waals surface area contributed by atoms with Gasteiger partial charge in [-0.1, -0.05) is 30.3 Å². The molecular weight excluding hydrogens is 647 g/mol. The van der Waals surface area contributed by atoms with Crippen LogP contribution in [0.5, 0.6) is 0 Å². The Morgan fingerprint density at radius 2 is 1.93 bits per heavy atom. The third-order valence-electron chi connectivity index (χ3n) is 7.89. The van der Waals surface area contributed by atoms with Gasteiger partial charge in [0.1, 0.15) is 8.96 Å². The summed E-state index contributed by atoms with van der Waals surface area (Å²) in [6.07, 6.45) is 4.26. The number of hydrogen-bond acceptors (Lipinski definition) is 11. The molecule has 5 heterocycles. The molecule has 1 N–H and O–H groups in total. The number of nitrogens with zero attached hydrogens (tertiary/aromatic N) is 2. The van der Waals surface area contributed by atoms with Crippen molar-refractivity contribution in [1.29, 1.82) is 0 Å². The number of amides is 1. The van der Waals surface area contributed by atoms with Crippen molar-refractivity contribution in [3.63, 3.8) is 0 Å². The number of carbonyl (C=O) groups excluding carboxylic acids is 1. The molecule has 15 heteroatoms. The fraction of sp³-hybridized carbons (Fsp3) is 0.379. The molecule has 234 valence electrons. The van der Waals surface area contributed by atoms with Gasteiger partial charge in [0.2, 0.25) is 5.91 Å². The molecule has 44 heavy (non-hydrogen) atoms. The maximum Gasteiger partial charge on any atom is 0.252 e. The van der Waals surface area contributed by atoms with E-state index in [4.69, 9.17) is 14.0 Å². The van der Waals surface area contributed by atoms with Crippen molar-refractivity contribution in [3.8, 4) is 21.8 Å². The Balaban J connectivity index is 1.31. The molecule has 0 spiro atoms. The Kier molecular flexibility index (Phi) is 9.06. The van der Waals surface area contributed by atoms with E-state index in [2.05, 4.69) is 10.5 Å². The lowest BCUT2D eigenvalue weighted by molar-refractivity contribution is -0.200. The number of ether oxygens (including phenoxy) is 1. The van der Waals surface area contributed by atoms with Gasteiger partial charge in [0, 0.05) is 41.4 Å². The zero-order valence-corrected chi connectivity index (χ0v) is 26.9. The fourth-order valence-electron chi connectivity index (χ4n) is 5.46. The molecule has 11 nitrogen and oxygen atoms in total. The van der Waals surface area contributed by atoms with E-state index in [0.717, 1.165) is 40.2 Å². The number of thiophene rings is 2. The summed E-state index contributed by atoms with van der Waals surface area (Å²) in [6, 6.07) is 14.3. The number of sulfone groups is 1. The normalized spacial score (nSPS) is 22.8. The Hall–Kier alpha value is -2.92. The van der Waals surface area contributed by atoms with Crippen LogP contribution >= 0.6 is 22.7 Å². The highest BCUT2D eigenvalue weighted by molar-refractivity contribution is 7.93. The number of rotatable bonds is 9. The predicted octanol–water partition coefficient (Wildman–Crippen LogP) is 4.80. The molecule has 6 rings (SSSR count). The van der Waals surface area contributed by atoms with Crippen LogP contribution < -0.4 is 5.48 Å². The van der Waals surface area contributed by atoms with E-state index in [0.29, 0.717) is 23.7 Å². The van der Waals surface area contributed by atoms with Gasteiger partial charge in [0.15, 0.2) is 28.3 Å². The van der Waals surface area contributed by atoms with Crippen molar-refractivity contribution in [2.24, 2.45) is 0 Å². The first kappa shape index (κ1) is 31.1. The first-order valence-corrected chi connectivity index (χ1v) is 18.9. The summed E-state index contributed by atoms with van der Waals surface area (Å²) in [5, 5.41) is 1.66. The van der Waals surface area contributed by atoms with Gasteiger partial charge in [-0.25, -0.2) is 32.1 Å². The lowest BCUT2D eigenvalue weighted by Crippen LogP contribution is -2.43. The molecule has 4 aromatic rings. The minimum Gasteiger partial charge on any atom is -0.444 e. The molecule has 2 unspecified atom stereocenters. The van der Waals surface area contributed by atoms with Crippen molar-refractivity contribution in [2.45, 2.75) is 47.4 Å². The summed E-state index contributed by atoms with van der Waals surface area (Å²) < 4.78 is 65.7. The second kappa shape index (κ2) is 12.8. The summed E-state index contributed by atoms with van der Waals surface area (Å²) >= 11 is 2.35. The molecule has 1 amide bonds. The Morgan fingerprint density at radius 3 is 2.64 bits per heavy atom. The summed E-state index contributed by atoms with van der Waals surface area (Å²) in [4.78, 5) is 24.0. The van der Waals surface area contributed by atoms with E-state index >= 15 is 0 Å². The zero-order chi connectivity index (χ0) is 30.8. The Bertz CT molecular complexity index is 1780. The van der Waals surface area contributed by atoms with Gasteiger partial charge in [0.25, 0.3) is 10.0 Å². The summed E-state index contributed by atoms with van der Waals surface area (Å²) in [6.45, 7) is 0.239. The second-order valence-electron chi connectivity index (χ2n) is 10.6. The maximum absolute atomic E-state index is 14.2. The average molecular weight is 678 g/mol. The molecule has 0 radical (unpaired) electrons. The summed E-state index contributed by atoms with van der Waals surface area (Å²) in [5.74, 6) is -0.430. The first-order valence-electron chi connectivity index (χ1n) is 14.1. The average Bonchev–Trinajstić information content (AvgIpc) is 3.82. The smallest absolute Gasteiger partial charge is 0.252 e. The molecule has 0 saturated carbocycles. The van der Waals surface area contributed by atoms with Gasteiger partial charge >= 0.3 is 0 Å². The van der Waals surface area contributed by atoms with Gasteiger partial charge in [-0.05, 0) is 48.4 Å². The standard InChI is InChI=1S/C29H31N3O8S4/c33-26(31-40-27-4-1-2-15-38-27)18-29(12-13-32(14-17-43(29,34)35)44(36,37)28-5-3-16-41-28)25-11-10-24(42-25)22-8-6-21(7-9-22)23-19-30-20-39-23/h3,5-11,16,19-20,27H,1-2,4,12-15,17-18H2,(H,31,33). The highest BCUT2D eigenvalue weighted by Crippen LogP contribution is 2.46. The number of sulfonamides is 1. The lowest BCUT2D eigenvalue weighted by atomic mass is 9.97. The highest BCUT2D eigenvalue weighted by Gasteiger charge is 2.50. The minimum absolute atomic E-state index is 0.0710. The number of hydrogen-bond donors (Lipinski definition) is 1. The first-order chi connectivity index (χ1) is 21.2. The molecule has 2 fully saturated rings. The Labute approximate surface area is 263 Å². The van der Waals surface area contributed by atoms with Crippen LogP contribution in [0.15, 0.2) is 75.1 Å². The van der Waals surface area contributed by atoms with Crippen molar-refractivity contribution in [2.75, 3.05) is 25.4 Å². The fourth-order valence-corrected chi connectivity index (χ4v) is 11.8. The maximum atomic E-state index is 14.2. The van der Waals surface area contributed by atoms with E-state index in [1.807, 2.05) is 30.3 Å². The number of aromatic nitrogens is 1. The van der Waals surface area contributed by atoms with Gasteiger partial charge in [-0.2, -0.15) is 4.31 Å². The van der Waals surface area contributed by atoms with Crippen LogP contribution in [-0.2, 0) is 39.0 Å². The van der Waals surface area contributed by atoms with Gasteiger partial charge in [-0.15, -0.1) is 22.7 Å². The van der Waals surface area contributed by atoms with Crippen LogP contribution in [0.2, 0.25) is 0 Å². The van der Waals surface area contributed by atoms with Crippen LogP contribution in [0, 0.1) is 0 Å². The molecule has 3 aromatic heterocycles. The van der Waals surface area contributed by atoms with Crippen molar-refractivity contribution in [1.82, 2.24) is 14.8 Å². The van der Waals surface area contributed by atoms with E-state index in [9.17, 15) is 21.6 Å². The van der Waals surface area contributed by atoms with Gasteiger partial charge in [0.05, 0.1) is 18.4 Å².